The Morgan fingerprint density at radius 1 is 1.03 bits per heavy atom. The van der Waals surface area contributed by atoms with E-state index >= 15 is 0 Å². The van der Waals surface area contributed by atoms with Gasteiger partial charge in [-0.25, -0.2) is 0 Å². The molecular formula is C29H27ClN2O5S. The molecule has 0 spiro atoms. The number of halogens is 1. The first-order valence-electron chi connectivity index (χ1n) is 12.4. The number of carbonyl (C=O) groups excluding carboxylic acids is 2. The maximum Gasteiger partial charge on any atom is 0.293 e. The van der Waals surface area contributed by atoms with Crippen LogP contribution in [0.25, 0.3) is 6.08 Å². The first-order valence-corrected chi connectivity index (χ1v) is 13.5. The standard InChI is InChI=1S/C29H27ClN2O5S/c1-3-31(4-2)22-11-10-20(24(14-22)35-17-19-8-6-5-7-9-19)13-27-28(33)32(29(34)38-27)16-21-12-25-26(15-23(21)30)37-18-36-25/h5-15H,3-4,16-18H2,1-2H3/b27-13-. The molecule has 0 atom stereocenters. The van der Waals surface area contributed by atoms with Gasteiger partial charge in [-0.15, -0.1) is 0 Å². The van der Waals surface area contributed by atoms with Gasteiger partial charge < -0.3 is 19.1 Å². The van der Waals surface area contributed by atoms with Crippen LogP contribution in [0.4, 0.5) is 10.5 Å². The maximum absolute atomic E-state index is 13.3. The lowest BCUT2D eigenvalue weighted by atomic mass is 10.1. The highest BCUT2D eigenvalue weighted by molar-refractivity contribution is 8.18. The van der Waals surface area contributed by atoms with Gasteiger partial charge >= 0.3 is 0 Å². The van der Waals surface area contributed by atoms with Crippen LogP contribution in [0.1, 0.15) is 30.5 Å². The number of rotatable bonds is 9. The summed E-state index contributed by atoms with van der Waals surface area (Å²) in [5, 5.41) is 0.0439. The number of anilines is 1. The van der Waals surface area contributed by atoms with Crippen molar-refractivity contribution in [2.24, 2.45) is 0 Å². The Bertz CT molecular complexity index is 1390. The van der Waals surface area contributed by atoms with Gasteiger partial charge in [0.15, 0.2) is 11.5 Å². The second kappa shape index (κ2) is 11.4. The number of fused-ring (bicyclic) bond motifs is 1. The van der Waals surface area contributed by atoms with E-state index in [0.29, 0.717) is 39.3 Å². The van der Waals surface area contributed by atoms with Crippen LogP contribution in [0.5, 0.6) is 17.2 Å². The molecule has 0 saturated carbocycles. The molecule has 2 aliphatic heterocycles. The number of imide groups is 1. The smallest absolute Gasteiger partial charge is 0.293 e. The molecule has 1 fully saturated rings. The number of ether oxygens (including phenoxy) is 3. The molecule has 0 bridgehead atoms. The van der Waals surface area contributed by atoms with E-state index in [-0.39, 0.29) is 24.5 Å². The molecule has 0 N–H and O–H groups in total. The van der Waals surface area contributed by atoms with Crippen LogP contribution in [0, 0.1) is 0 Å². The zero-order chi connectivity index (χ0) is 26.6. The molecule has 196 valence electrons. The Labute approximate surface area is 230 Å². The fourth-order valence-corrected chi connectivity index (χ4v) is 5.36. The van der Waals surface area contributed by atoms with E-state index in [1.807, 2.05) is 48.5 Å². The Kier molecular flexibility index (Phi) is 7.81. The second-order valence-electron chi connectivity index (χ2n) is 8.73. The number of nitrogens with zero attached hydrogens (tertiary/aromatic N) is 2. The van der Waals surface area contributed by atoms with Gasteiger partial charge in [0.1, 0.15) is 12.4 Å². The van der Waals surface area contributed by atoms with Gasteiger partial charge in [0.05, 0.1) is 11.4 Å². The van der Waals surface area contributed by atoms with Crippen molar-refractivity contribution in [1.82, 2.24) is 4.90 Å². The van der Waals surface area contributed by atoms with E-state index in [0.717, 1.165) is 41.7 Å². The van der Waals surface area contributed by atoms with Crippen molar-refractivity contribution in [1.29, 1.82) is 0 Å². The summed E-state index contributed by atoms with van der Waals surface area (Å²) in [6.07, 6.45) is 1.72. The lowest BCUT2D eigenvalue weighted by Crippen LogP contribution is -2.27. The lowest BCUT2D eigenvalue weighted by Gasteiger charge is -2.22. The summed E-state index contributed by atoms with van der Waals surface area (Å²) in [5.41, 5.74) is 3.40. The monoisotopic (exact) mass is 550 g/mol. The van der Waals surface area contributed by atoms with Gasteiger partial charge in [0.25, 0.3) is 11.1 Å². The maximum atomic E-state index is 13.3. The Morgan fingerprint density at radius 2 is 1.76 bits per heavy atom. The minimum Gasteiger partial charge on any atom is -0.488 e. The zero-order valence-corrected chi connectivity index (χ0v) is 22.7. The molecule has 3 aromatic rings. The van der Waals surface area contributed by atoms with Crippen LogP contribution in [0.2, 0.25) is 5.02 Å². The van der Waals surface area contributed by atoms with Gasteiger partial charge in [-0.3, -0.25) is 14.5 Å². The average Bonchev–Trinajstić information content (AvgIpc) is 3.48. The van der Waals surface area contributed by atoms with Crippen LogP contribution in [-0.4, -0.2) is 35.9 Å². The third-order valence-electron chi connectivity index (χ3n) is 6.39. The van der Waals surface area contributed by atoms with Crippen LogP contribution in [-0.2, 0) is 17.9 Å². The van der Waals surface area contributed by atoms with Gasteiger partial charge in [-0.05, 0) is 61.0 Å². The van der Waals surface area contributed by atoms with Crippen molar-refractivity contribution >= 4 is 46.3 Å². The highest BCUT2D eigenvalue weighted by Gasteiger charge is 2.36. The molecule has 7 nitrogen and oxygen atoms in total. The summed E-state index contributed by atoms with van der Waals surface area (Å²) in [4.78, 5) is 29.9. The first kappa shape index (κ1) is 26.0. The molecule has 3 aromatic carbocycles. The summed E-state index contributed by atoms with van der Waals surface area (Å²) in [6.45, 7) is 6.45. The highest BCUT2D eigenvalue weighted by atomic mass is 35.5. The van der Waals surface area contributed by atoms with Crippen LogP contribution in [0.3, 0.4) is 0 Å². The van der Waals surface area contributed by atoms with E-state index in [9.17, 15) is 9.59 Å². The Hall–Kier alpha value is -3.62. The van der Waals surface area contributed by atoms with Crippen molar-refractivity contribution < 1.29 is 23.8 Å². The summed E-state index contributed by atoms with van der Waals surface area (Å²) in [5.74, 6) is 1.35. The van der Waals surface area contributed by atoms with Gasteiger partial charge in [-0.2, -0.15) is 0 Å². The Morgan fingerprint density at radius 3 is 2.50 bits per heavy atom. The topological polar surface area (TPSA) is 68.3 Å². The summed E-state index contributed by atoms with van der Waals surface area (Å²) >= 11 is 7.29. The molecule has 9 heteroatoms. The van der Waals surface area contributed by atoms with E-state index in [1.165, 1.54) is 4.90 Å². The third-order valence-corrected chi connectivity index (χ3v) is 7.65. The quantitative estimate of drug-likeness (QED) is 0.274. The zero-order valence-electron chi connectivity index (χ0n) is 21.1. The van der Waals surface area contributed by atoms with Crippen molar-refractivity contribution in [3.63, 3.8) is 0 Å². The van der Waals surface area contributed by atoms with Crippen molar-refractivity contribution in [3.05, 3.63) is 87.3 Å². The number of benzene rings is 3. The molecule has 38 heavy (non-hydrogen) atoms. The summed E-state index contributed by atoms with van der Waals surface area (Å²) < 4.78 is 17.0. The number of thioether (sulfide) groups is 1. The molecule has 0 aliphatic carbocycles. The van der Waals surface area contributed by atoms with Crippen LogP contribution in [0.15, 0.2) is 65.6 Å². The average molecular weight is 551 g/mol. The van der Waals surface area contributed by atoms with E-state index in [4.69, 9.17) is 25.8 Å². The molecule has 5 rings (SSSR count). The molecular weight excluding hydrogens is 524 g/mol. The van der Waals surface area contributed by atoms with E-state index in [1.54, 1.807) is 18.2 Å². The number of hydrogen-bond donors (Lipinski definition) is 0. The number of amides is 2. The fraction of sp³-hybridized carbons (Fsp3) is 0.241. The normalized spacial score (nSPS) is 15.4. The van der Waals surface area contributed by atoms with E-state index in [2.05, 4.69) is 18.7 Å². The lowest BCUT2D eigenvalue weighted by molar-refractivity contribution is -0.123. The molecule has 0 radical (unpaired) electrons. The number of carbonyl (C=O) groups is 2. The fourth-order valence-electron chi connectivity index (χ4n) is 4.32. The predicted octanol–water partition coefficient (Wildman–Crippen LogP) is 6.73. The van der Waals surface area contributed by atoms with Gasteiger partial charge in [0, 0.05) is 41.5 Å². The van der Waals surface area contributed by atoms with Gasteiger partial charge in [-0.1, -0.05) is 41.9 Å². The SMILES string of the molecule is CCN(CC)c1ccc(/C=C2\SC(=O)N(Cc3cc4c(cc3Cl)OCO4)C2=O)c(OCc2ccccc2)c1. The van der Waals surface area contributed by atoms with Crippen LogP contribution >= 0.6 is 23.4 Å². The summed E-state index contributed by atoms with van der Waals surface area (Å²) in [6, 6.07) is 19.2. The predicted molar refractivity (Wildman–Crippen MR) is 150 cm³/mol. The largest absolute Gasteiger partial charge is 0.488 e. The molecule has 0 aromatic heterocycles. The Balaban J connectivity index is 1.41. The minimum atomic E-state index is -0.379. The van der Waals surface area contributed by atoms with Crippen molar-refractivity contribution in [2.75, 3.05) is 24.8 Å². The van der Waals surface area contributed by atoms with Gasteiger partial charge in [0.2, 0.25) is 6.79 Å². The number of hydrogen-bond acceptors (Lipinski definition) is 7. The van der Waals surface area contributed by atoms with Crippen molar-refractivity contribution in [3.8, 4) is 17.2 Å². The molecule has 0 unspecified atom stereocenters. The van der Waals surface area contributed by atoms with E-state index < -0.39 is 0 Å². The molecule has 2 heterocycles. The third kappa shape index (κ3) is 5.47. The molecule has 2 aliphatic rings. The summed E-state index contributed by atoms with van der Waals surface area (Å²) in [7, 11) is 0. The van der Waals surface area contributed by atoms with Crippen molar-refractivity contribution in [2.45, 2.75) is 27.0 Å². The van der Waals surface area contributed by atoms with Crippen LogP contribution < -0.4 is 19.1 Å². The first-order chi connectivity index (χ1) is 18.5. The molecule has 1 saturated heterocycles. The highest BCUT2D eigenvalue weighted by Crippen LogP contribution is 2.40. The second-order valence-corrected chi connectivity index (χ2v) is 10.1. The molecule has 2 amide bonds. The minimum absolute atomic E-state index is 0.0374.